The molecular formula is C16H21N3O2S. The van der Waals surface area contributed by atoms with Crippen molar-refractivity contribution in [3.05, 3.63) is 34.8 Å². The Morgan fingerprint density at radius 1 is 1.36 bits per heavy atom. The van der Waals surface area contributed by atoms with Gasteiger partial charge in [0.1, 0.15) is 11.5 Å². The molecule has 0 saturated carbocycles. The van der Waals surface area contributed by atoms with Gasteiger partial charge in [0.2, 0.25) is 0 Å². The molecule has 1 atom stereocenters. The average molecular weight is 319 g/mol. The van der Waals surface area contributed by atoms with Gasteiger partial charge in [-0.3, -0.25) is 4.90 Å². The first-order valence-electron chi connectivity index (χ1n) is 7.37. The van der Waals surface area contributed by atoms with E-state index in [0.29, 0.717) is 11.2 Å². The normalized spacial score (nSPS) is 18.5. The summed E-state index contributed by atoms with van der Waals surface area (Å²) in [6, 6.07) is 6.43. The number of methoxy groups -OCH3 is 2. The number of benzene rings is 1. The van der Waals surface area contributed by atoms with E-state index in [1.807, 2.05) is 18.3 Å². The minimum atomic E-state index is 0.365. The van der Waals surface area contributed by atoms with E-state index in [2.05, 4.69) is 16.0 Å². The van der Waals surface area contributed by atoms with Crippen LogP contribution in [0.3, 0.4) is 0 Å². The zero-order chi connectivity index (χ0) is 15.5. The number of ether oxygens (including phenoxy) is 2. The van der Waals surface area contributed by atoms with Crippen molar-refractivity contribution >= 4 is 16.5 Å². The fourth-order valence-electron chi connectivity index (χ4n) is 3.06. The van der Waals surface area contributed by atoms with Gasteiger partial charge in [-0.1, -0.05) is 6.07 Å². The molecule has 6 heteroatoms. The average Bonchev–Trinajstić information content (AvgIpc) is 3.16. The quantitative estimate of drug-likeness (QED) is 0.917. The van der Waals surface area contributed by atoms with Gasteiger partial charge in [0.15, 0.2) is 5.13 Å². The van der Waals surface area contributed by atoms with Gasteiger partial charge in [0.25, 0.3) is 0 Å². The number of likely N-dealkylation sites (tertiary alicyclic amines) is 1. The van der Waals surface area contributed by atoms with Gasteiger partial charge in [-0.15, -0.1) is 11.3 Å². The molecule has 1 aromatic heterocycles. The summed E-state index contributed by atoms with van der Waals surface area (Å²) in [6.45, 7) is 1.96. The van der Waals surface area contributed by atoms with Crippen molar-refractivity contribution in [2.75, 3.05) is 26.5 Å². The number of thiazole rings is 1. The number of rotatable bonds is 5. The number of aromatic nitrogens is 1. The van der Waals surface area contributed by atoms with Crippen molar-refractivity contribution in [1.82, 2.24) is 9.88 Å². The van der Waals surface area contributed by atoms with Gasteiger partial charge in [-0.25, -0.2) is 4.98 Å². The van der Waals surface area contributed by atoms with Crippen molar-refractivity contribution in [3.8, 4) is 11.5 Å². The van der Waals surface area contributed by atoms with Gasteiger partial charge in [-0.05, 0) is 25.5 Å². The monoisotopic (exact) mass is 319 g/mol. The van der Waals surface area contributed by atoms with Crippen molar-refractivity contribution < 1.29 is 9.47 Å². The highest BCUT2D eigenvalue weighted by molar-refractivity contribution is 7.15. The molecule has 1 aliphatic rings. The van der Waals surface area contributed by atoms with Crippen LogP contribution < -0.4 is 15.2 Å². The first-order valence-corrected chi connectivity index (χ1v) is 8.19. The number of hydrogen-bond acceptors (Lipinski definition) is 6. The van der Waals surface area contributed by atoms with E-state index in [-0.39, 0.29) is 0 Å². The predicted octanol–water partition coefficient (Wildman–Crippen LogP) is 3.08. The third-order valence-corrected chi connectivity index (χ3v) is 4.90. The van der Waals surface area contributed by atoms with E-state index in [9.17, 15) is 0 Å². The fourth-order valence-corrected chi connectivity index (χ4v) is 3.77. The third kappa shape index (κ3) is 3.03. The summed E-state index contributed by atoms with van der Waals surface area (Å²) in [7, 11) is 3.38. The Hall–Kier alpha value is -1.79. The Morgan fingerprint density at radius 2 is 2.23 bits per heavy atom. The lowest BCUT2D eigenvalue weighted by molar-refractivity contribution is 0.244. The van der Waals surface area contributed by atoms with Gasteiger partial charge in [0, 0.05) is 35.3 Å². The first-order chi connectivity index (χ1) is 10.7. The van der Waals surface area contributed by atoms with E-state index in [1.165, 1.54) is 16.9 Å². The Kier molecular flexibility index (Phi) is 4.49. The first kappa shape index (κ1) is 15.1. The molecule has 1 aliphatic heterocycles. The molecule has 0 radical (unpaired) electrons. The largest absolute Gasteiger partial charge is 0.497 e. The van der Waals surface area contributed by atoms with Gasteiger partial charge in [-0.2, -0.15) is 0 Å². The molecule has 1 fully saturated rings. The summed E-state index contributed by atoms with van der Waals surface area (Å²) < 4.78 is 10.9. The van der Waals surface area contributed by atoms with Crippen molar-refractivity contribution in [3.63, 3.8) is 0 Å². The predicted molar refractivity (Wildman–Crippen MR) is 88.5 cm³/mol. The lowest BCUT2D eigenvalue weighted by Crippen LogP contribution is -2.22. The molecule has 2 heterocycles. The Labute approximate surface area is 134 Å². The number of hydrogen-bond donors (Lipinski definition) is 1. The van der Waals surface area contributed by atoms with E-state index in [0.717, 1.165) is 31.0 Å². The maximum absolute atomic E-state index is 5.73. The van der Waals surface area contributed by atoms with Crippen LogP contribution in [0.5, 0.6) is 11.5 Å². The van der Waals surface area contributed by atoms with Crippen LogP contribution in [0, 0.1) is 0 Å². The molecule has 1 aromatic carbocycles. The molecule has 118 valence electrons. The summed E-state index contributed by atoms with van der Waals surface area (Å²) >= 11 is 1.56. The van der Waals surface area contributed by atoms with Crippen LogP contribution in [0.4, 0.5) is 5.13 Å². The zero-order valence-electron chi connectivity index (χ0n) is 12.9. The molecule has 0 aliphatic carbocycles. The SMILES string of the molecule is COc1ccc(C2CCCN2Cc2cnc(N)s2)c(OC)c1. The standard InChI is InChI=1S/C16H21N3O2S/c1-20-11-5-6-13(15(8-11)21-2)14-4-3-7-19(14)10-12-9-18-16(17)22-12/h5-6,8-9,14H,3-4,7,10H2,1-2H3,(H2,17,18). The van der Waals surface area contributed by atoms with E-state index in [4.69, 9.17) is 15.2 Å². The van der Waals surface area contributed by atoms with E-state index >= 15 is 0 Å². The molecule has 22 heavy (non-hydrogen) atoms. The molecular weight excluding hydrogens is 298 g/mol. The van der Waals surface area contributed by atoms with Crippen LogP contribution in [0.2, 0.25) is 0 Å². The molecule has 0 bridgehead atoms. The fraction of sp³-hybridized carbons (Fsp3) is 0.438. The van der Waals surface area contributed by atoms with E-state index < -0.39 is 0 Å². The highest BCUT2D eigenvalue weighted by Crippen LogP contribution is 2.39. The summed E-state index contributed by atoms with van der Waals surface area (Å²) in [4.78, 5) is 7.82. The van der Waals surface area contributed by atoms with Crippen molar-refractivity contribution in [2.45, 2.75) is 25.4 Å². The maximum Gasteiger partial charge on any atom is 0.180 e. The molecule has 0 spiro atoms. The second-order valence-corrected chi connectivity index (χ2v) is 6.55. The molecule has 3 rings (SSSR count). The Bertz CT molecular complexity index is 644. The summed E-state index contributed by atoms with van der Waals surface area (Å²) in [5, 5.41) is 0.632. The smallest absolute Gasteiger partial charge is 0.180 e. The van der Waals surface area contributed by atoms with Gasteiger partial charge >= 0.3 is 0 Å². The van der Waals surface area contributed by atoms with Crippen molar-refractivity contribution in [2.24, 2.45) is 0 Å². The third-order valence-electron chi connectivity index (χ3n) is 4.09. The summed E-state index contributed by atoms with van der Waals surface area (Å²) in [6.07, 6.45) is 4.20. The van der Waals surface area contributed by atoms with Crippen LogP contribution in [0.1, 0.15) is 29.3 Å². The Morgan fingerprint density at radius 3 is 2.91 bits per heavy atom. The lowest BCUT2D eigenvalue weighted by atomic mass is 10.0. The van der Waals surface area contributed by atoms with Crippen LogP contribution in [0.15, 0.2) is 24.4 Å². The molecule has 0 amide bonds. The second-order valence-electron chi connectivity index (χ2n) is 5.40. The number of nitrogen functional groups attached to an aromatic ring is 1. The summed E-state index contributed by atoms with van der Waals surface area (Å²) in [5.41, 5.74) is 6.95. The molecule has 1 unspecified atom stereocenters. The highest BCUT2D eigenvalue weighted by Gasteiger charge is 2.28. The lowest BCUT2D eigenvalue weighted by Gasteiger charge is -2.25. The topological polar surface area (TPSA) is 60.6 Å². The maximum atomic E-state index is 5.73. The second kappa shape index (κ2) is 6.54. The van der Waals surface area contributed by atoms with Crippen molar-refractivity contribution in [1.29, 1.82) is 0 Å². The molecule has 1 saturated heterocycles. The van der Waals surface area contributed by atoms with Crippen LogP contribution in [-0.2, 0) is 6.54 Å². The van der Waals surface area contributed by atoms with Crippen LogP contribution in [-0.4, -0.2) is 30.6 Å². The minimum absolute atomic E-state index is 0.365. The minimum Gasteiger partial charge on any atom is -0.497 e. The van der Waals surface area contributed by atoms with Crippen LogP contribution in [0.25, 0.3) is 0 Å². The van der Waals surface area contributed by atoms with Crippen LogP contribution >= 0.6 is 11.3 Å². The summed E-state index contributed by atoms with van der Waals surface area (Å²) in [5.74, 6) is 1.71. The molecule has 2 N–H and O–H groups in total. The zero-order valence-corrected chi connectivity index (χ0v) is 13.7. The Balaban J connectivity index is 1.83. The molecule has 2 aromatic rings. The van der Waals surface area contributed by atoms with Gasteiger partial charge in [0.05, 0.1) is 14.2 Å². The molecule has 5 nitrogen and oxygen atoms in total. The number of nitrogens with zero attached hydrogens (tertiary/aromatic N) is 2. The van der Waals surface area contributed by atoms with Gasteiger partial charge < -0.3 is 15.2 Å². The number of anilines is 1. The van der Waals surface area contributed by atoms with E-state index in [1.54, 1.807) is 25.6 Å². The number of nitrogens with two attached hydrogens (primary N) is 1. The highest BCUT2D eigenvalue weighted by atomic mass is 32.1.